The standard InChI is InChI=1S/C22H27N3O2/c1-14-23-11-15(12-24-14)13-25-9-8-20-18(25)10-17-21(26-20)16-6-4-5-7-19(16)27-22(17,2)3/h4-7,11-12,17-18,20-21H,8-10,13H2,1-3H3/t17-,18-,20-,21+/m1/s1. The van der Waals surface area contributed by atoms with Gasteiger partial charge in [-0.05, 0) is 39.7 Å². The summed E-state index contributed by atoms with van der Waals surface area (Å²) in [6, 6.07) is 8.80. The van der Waals surface area contributed by atoms with Gasteiger partial charge in [0.05, 0.1) is 12.2 Å². The third-order valence-electron chi connectivity index (χ3n) is 6.49. The number of rotatable bonds is 2. The predicted octanol–water partition coefficient (Wildman–Crippen LogP) is 3.68. The number of hydrogen-bond acceptors (Lipinski definition) is 5. The number of benzene rings is 1. The molecule has 0 radical (unpaired) electrons. The molecule has 2 fully saturated rings. The van der Waals surface area contributed by atoms with E-state index in [0.29, 0.717) is 18.1 Å². The molecular weight excluding hydrogens is 338 g/mol. The predicted molar refractivity (Wildman–Crippen MR) is 102 cm³/mol. The molecule has 0 aliphatic carbocycles. The number of aromatic nitrogens is 2. The first-order chi connectivity index (χ1) is 13.0. The molecule has 0 saturated carbocycles. The molecule has 3 aliphatic heterocycles. The van der Waals surface area contributed by atoms with E-state index in [4.69, 9.17) is 9.47 Å². The molecule has 27 heavy (non-hydrogen) atoms. The van der Waals surface area contributed by atoms with Crippen LogP contribution in [0, 0.1) is 12.8 Å². The lowest BCUT2D eigenvalue weighted by Gasteiger charge is -2.50. The molecule has 5 heteroatoms. The zero-order chi connectivity index (χ0) is 18.6. The van der Waals surface area contributed by atoms with Crippen LogP contribution >= 0.6 is 0 Å². The summed E-state index contributed by atoms with van der Waals surface area (Å²) in [6.07, 6.45) is 6.51. The van der Waals surface area contributed by atoms with Gasteiger partial charge >= 0.3 is 0 Å². The molecule has 2 aromatic rings. The van der Waals surface area contributed by atoms with Crippen molar-refractivity contribution in [3.05, 3.63) is 53.6 Å². The van der Waals surface area contributed by atoms with Crippen molar-refractivity contribution in [1.29, 1.82) is 0 Å². The van der Waals surface area contributed by atoms with Gasteiger partial charge in [0, 0.05) is 48.6 Å². The SMILES string of the molecule is Cc1ncc(CN2CC[C@H]3O[C@H]4c5ccccc5OC(C)(C)[C@@H]4C[C@H]32)cn1. The number of fused-ring (bicyclic) bond motifs is 4. The maximum Gasteiger partial charge on any atom is 0.125 e. The van der Waals surface area contributed by atoms with Crippen LogP contribution in [0.3, 0.4) is 0 Å². The minimum atomic E-state index is -0.231. The van der Waals surface area contributed by atoms with Crippen LogP contribution in [0.25, 0.3) is 0 Å². The van der Waals surface area contributed by atoms with Crippen molar-refractivity contribution < 1.29 is 9.47 Å². The smallest absolute Gasteiger partial charge is 0.125 e. The molecule has 5 rings (SSSR count). The van der Waals surface area contributed by atoms with E-state index in [2.05, 4.69) is 46.9 Å². The first-order valence-corrected chi connectivity index (χ1v) is 9.96. The molecule has 0 amide bonds. The first-order valence-electron chi connectivity index (χ1n) is 9.96. The van der Waals surface area contributed by atoms with Gasteiger partial charge in [0.1, 0.15) is 17.2 Å². The average Bonchev–Trinajstić information content (AvgIpc) is 3.04. The van der Waals surface area contributed by atoms with Gasteiger partial charge in [-0.1, -0.05) is 18.2 Å². The van der Waals surface area contributed by atoms with E-state index in [9.17, 15) is 0 Å². The van der Waals surface area contributed by atoms with Crippen LogP contribution in [-0.4, -0.2) is 39.2 Å². The lowest BCUT2D eigenvalue weighted by atomic mass is 9.74. The van der Waals surface area contributed by atoms with Crippen LogP contribution in [0.15, 0.2) is 36.7 Å². The molecule has 4 atom stereocenters. The first kappa shape index (κ1) is 17.1. The van der Waals surface area contributed by atoms with Crippen molar-refractivity contribution in [3.8, 4) is 5.75 Å². The van der Waals surface area contributed by atoms with Crippen LogP contribution in [-0.2, 0) is 11.3 Å². The Balaban J connectivity index is 1.40. The summed E-state index contributed by atoms with van der Waals surface area (Å²) in [7, 11) is 0. The highest BCUT2D eigenvalue weighted by molar-refractivity contribution is 5.39. The van der Waals surface area contributed by atoms with E-state index in [0.717, 1.165) is 37.5 Å². The molecule has 4 heterocycles. The Kier molecular flexibility index (Phi) is 3.99. The number of likely N-dealkylation sites (tertiary alicyclic amines) is 1. The minimum Gasteiger partial charge on any atom is -0.487 e. The summed E-state index contributed by atoms with van der Waals surface area (Å²) in [6.45, 7) is 8.29. The van der Waals surface area contributed by atoms with Gasteiger partial charge in [0.25, 0.3) is 0 Å². The number of para-hydroxylation sites is 1. The Bertz CT molecular complexity index is 836. The lowest BCUT2D eigenvalue weighted by molar-refractivity contribution is -0.162. The summed E-state index contributed by atoms with van der Waals surface area (Å²) >= 11 is 0. The zero-order valence-electron chi connectivity index (χ0n) is 16.3. The fourth-order valence-electron chi connectivity index (χ4n) is 5.05. The second kappa shape index (κ2) is 6.28. The molecule has 1 aromatic heterocycles. The van der Waals surface area contributed by atoms with E-state index in [-0.39, 0.29) is 11.7 Å². The molecular formula is C22H27N3O2. The van der Waals surface area contributed by atoms with Gasteiger partial charge in [0.15, 0.2) is 0 Å². The normalized spacial score (nSPS) is 31.5. The van der Waals surface area contributed by atoms with Gasteiger partial charge in [-0.15, -0.1) is 0 Å². The van der Waals surface area contributed by atoms with E-state index in [1.54, 1.807) is 0 Å². The van der Waals surface area contributed by atoms with Gasteiger partial charge in [-0.3, -0.25) is 4.90 Å². The second-order valence-electron chi connectivity index (χ2n) is 8.65. The average molecular weight is 365 g/mol. The molecule has 3 aliphatic rings. The van der Waals surface area contributed by atoms with Crippen molar-refractivity contribution in [3.63, 3.8) is 0 Å². The highest BCUT2D eigenvalue weighted by atomic mass is 16.5. The van der Waals surface area contributed by atoms with Crippen molar-refractivity contribution in [2.24, 2.45) is 5.92 Å². The lowest BCUT2D eigenvalue weighted by Crippen LogP contribution is -2.53. The van der Waals surface area contributed by atoms with Crippen molar-refractivity contribution in [2.45, 2.75) is 64.0 Å². The Hall–Kier alpha value is -1.98. The largest absolute Gasteiger partial charge is 0.487 e. The molecule has 0 unspecified atom stereocenters. The number of nitrogens with zero attached hydrogens (tertiary/aromatic N) is 3. The van der Waals surface area contributed by atoms with E-state index < -0.39 is 0 Å². The van der Waals surface area contributed by atoms with Gasteiger partial charge in [-0.25, -0.2) is 9.97 Å². The van der Waals surface area contributed by atoms with E-state index in [1.165, 1.54) is 11.1 Å². The summed E-state index contributed by atoms with van der Waals surface area (Å²) in [5, 5.41) is 0. The van der Waals surface area contributed by atoms with Gasteiger partial charge < -0.3 is 9.47 Å². The molecule has 1 aromatic carbocycles. The Morgan fingerprint density at radius 2 is 1.96 bits per heavy atom. The monoisotopic (exact) mass is 365 g/mol. The maximum atomic E-state index is 6.71. The molecule has 5 nitrogen and oxygen atoms in total. The fraction of sp³-hybridized carbons (Fsp3) is 0.545. The molecule has 2 saturated heterocycles. The summed E-state index contributed by atoms with van der Waals surface area (Å²) in [5.74, 6) is 2.15. The third kappa shape index (κ3) is 2.93. The third-order valence-corrected chi connectivity index (χ3v) is 6.49. The summed E-state index contributed by atoms with van der Waals surface area (Å²) in [5.41, 5.74) is 2.16. The Labute approximate surface area is 160 Å². The molecule has 0 N–H and O–H groups in total. The number of ether oxygens (including phenoxy) is 2. The van der Waals surface area contributed by atoms with Gasteiger partial charge in [-0.2, -0.15) is 0 Å². The van der Waals surface area contributed by atoms with Crippen molar-refractivity contribution >= 4 is 0 Å². The van der Waals surface area contributed by atoms with Crippen LogP contribution in [0.2, 0.25) is 0 Å². The Morgan fingerprint density at radius 3 is 2.78 bits per heavy atom. The quantitative estimate of drug-likeness (QED) is 0.812. The van der Waals surface area contributed by atoms with Crippen LogP contribution in [0.5, 0.6) is 5.75 Å². The van der Waals surface area contributed by atoms with E-state index >= 15 is 0 Å². The number of hydrogen-bond donors (Lipinski definition) is 0. The molecule has 0 bridgehead atoms. The highest BCUT2D eigenvalue weighted by Gasteiger charge is 2.52. The highest BCUT2D eigenvalue weighted by Crippen LogP contribution is 2.52. The number of aryl methyl sites for hydroxylation is 1. The fourth-order valence-corrected chi connectivity index (χ4v) is 5.05. The summed E-state index contributed by atoms with van der Waals surface area (Å²) in [4.78, 5) is 11.2. The van der Waals surface area contributed by atoms with E-state index in [1.807, 2.05) is 25.4 Å². The Morgan fingerprint density at radius 1 is 1.19 bits per heavy atom. The summed E-state index contributed by atoms with van der Waals surface area (Å²) < 4.78 is 13.1. The van der Waals surface area contributed by atoms with Crippen LogP contribution in [0.4, 0.5) is 0 Å². The minimum absolute atomic E-state index is 0.133. The zero-order valence-corrected chi connectivity index (χ0v) is 16.3. The second-order valence-corrected chi connectivity index (χ2v) is 8.65. The van der Waals surface area contributed by atoms with Crippen molar-refractivity contribution in [2.75, 3.05) is 6.54 Å². The maximum absolute atomic E-state index is 6.71. The molecule has 142 valence electrons. The van der Waals surface area contributed by atoms with Gasteiger partial charge in [0.2, 0.25) is 0 Å². The van der Waals surface area contributed by atoms with Crippen molar-refractivity contribution in [1.82, 2.24) is 14.9 Å². The topological polar surface area (TPSA) is 47.5 Å². The molecule has 0 spiro atoms. The van der Waals surface area contributed by atoms with Crippen LogP contribution in [0.1, 0.15) is 49.7 Å². The van der Waals surface area contributed by atoms with Crippen LogP contribution < -0.4 is 4.74 Å².